The maximum Gasteiger partial charge on any atom is 0.311 e. The van der Waals surface area contributed by atoms with E-state index in [1.54, 1.807) is 12.4 Å². The Morgan fingerprint density at radius 1 is 1.53 bits per heavy atom. The van der Waals surface area contributed by atoms with Gasteiger partial charge in [-0.05, 0) is 19.8 Å². The number of carbonyl (C=O) groups is 1. The third-order valence-electron chi connectivity index (χ3n) is 3.70. The van der Waals surface area contributed by atoms with Gasteiger partial charge in [0.05, 0.1) is 24.4 Å². The minimum atomic E-state index is -0.730. The maximum absolute atomic E-state index is 11.4. The Morgan fingerprint density at radius 3 is 2.89 bits per heavy atom. The number of nitrogens with zero attached hydrogens (tertiary/aromatic N) is 3. The van der Waals surface area contributed by atoms with Crippen molar-refractivity contribution in [2.24, 2.45) is 5.41 Å². The van der Waals surface area contributed by atoms with E-state index in [1.807, 2.05) is 18.7 Å². The van der Waals surface area contributed by atoms with E-state index in [4.69, 9.17) is 4.74 Å². The normalized spacial score (nSPS) is 22.5. The first-order valence-electron chi connectivity index (χ1n) is 6.54. The number of carboxylic acids is 1. The lowest BCUT2D eigenvalue weighted by Gasteiger charge is -2.23. The summed E-state index contributed by atoms with van der Waals surface area (Å²) in [6.45, 7) is 5.50. The third kappa shape index (κ3) is 2.62. The summed E-state index contributed by atoms with van der Waals surface area (Å²) in [6.07, 6.45) is 4.47. The molecule has 1 atom stereocenters. The molecule has 0 aromatic carbocycles. The standard InChI is InChI=1S/C13H19N3O3/c1-3-13(12(17)18)5-6-16(9-13)10-7-14-8-11(15-10)19-4-2/h7-8H,3-6,9H2,1-2H3,(H,17,18). The molecule has 0 bridgehead atoms. The molecule has 104 valence electrons. The van der Waals surface area contributed by atoms with E-state index in [0.717, 1.165) is 0 Å². The van der Waals surface area contributed by atoms with Gasteiger partial charge >= 0.3 is 5.97 Å². The van der Waals surface area contributed by atoms with Crippen molar-refractivity contribution in [1.29, 1.82) is 0 Å². The van der Waals surface area contributed by atoms with Crippen LogP contribution in [0.4, 0.5) is 5.82 Å². The smallest absolute Gasteiger partial charge is 0.311 e. The Kier molecular flexibility index (Phi) is 3.87. The average molecular weight is 265 g/mol. The SMILES string of the molecule is CCOc1cncc(N2CCC(CC)(C(=O)O)C2)n1. The molecule has 2 heterocycles. The number of carboxylic acid groups (broad SMARTS) is 1. The second kappa shape index (κ2) is 5.42. The van der Waals surface area contributed by atoms with Gasteiger partial charge in [-0.25, -0.2) is 0 Å². The molecule has 6 heteroatoms. The molecule has 1 unspecified atom stereocenters. The molecule has 19 heavy (non-hydrogen) atoms. The van der Waals surface area contributed by atoms with Crippen LogP contribution in [0.1, 0.15) is 26.7 Å². The van der Waals surface area contributed by atoms with Crippen LogP contribution in [0, 0.1) is 5.41 Å². The van der Waals surface area contributed by atoms with Crippen molar-refractivity contribution in [3.8, 4) is 5.88 Å². The highest BCUT2D eigenvalue weighted by atomic mass is 16.5. The highest BCUT2D eigenvalue weighted by molar-refractivity contribution is 5.76. The topological polar surface area (TPSA) is 75.5 Å². The largest absolute Gasteiger partial charge is 0.481 e. The molecule has 0 aliphatic carbocycles. The number of anilines is 1. The molecule has 1 aromatic heterocycles. The van der Waals surface area contributed by atoms with E-state index in [2.05, 4.69) is 9.97 Å². The minimum absolute atomic E-state index is 0.475. The van der Waals surface area contributed by atoms with Crippen molar-refractivity contribution in [2.45, 2.75) is 26.7 Å². The molecular weight excluding hydrogens is 246 g/mol. The second-order valence-corrected chi connectivity index (χ2v) is 4.76. The van der Waals surface area contributed by atoms with Crippen molar-refractivity contribution in [2.75, 3.05) is 24.6 Å². The molecule has 1 aliphatic rings. The highest BCUT2D eigenvalue weighted by Gasteiger charge is 2.43. The van der Waals surface area contributed by atoms with Crippen molar-refractivity contribution < 1.29 is 14.6 Å². The Hall–Kier alpha value is -1.85. The average Bonchev–Trinajstić information content (AvgIpc) is 2.85. The molecule has 0 amide bonds. The van der Waals surface area contributed by atoms with E-state index in [1.165, 1.54) is 0 Å². The predicted octanol–water partition coefficient (Wildman–Crippen LogP) is 1.57. The molecule has 0 radical (unpaired) electrons. The summed E-state index contributed by atoms with van der Waals surface area (Å²) < 4.78 is 5.32. The van der Waals surface area contributed by atoms with Crippen LogP contribution >= 0.6 is 0 Å². The molecule has 6 nitrogen and oxygen atoms in total. The lowest BCUT2D eigenvalue weighted by molar-refractivity contribution is -0.147. The lowest BCUT2D eigenvalue weighted by atomic mass is 9.84. The van der Waals surface area contributed by atoms with Gasteiger partial charge in [0.15, 0.2) is 5.82 Å². The van der Waals surface area contributed by atoms with E-state index in [9.17, 15) is 9.90 Å². The number of aliphatic carboxylic acids is 1. The van der Waals surface area contributed by atoms with E-state index < -0.39 is 11.4 Å². The highest BCUT2D eigenvalue weighted by Crippen LogP contribution is 2.36. The van der Waals surface area contributed by atoms with E-state index in [0.29, 0.717) is 44.2 Å². The quantitative estimate of drug-likeness (QED) is 0.871. The van der Waals surface area contributed by atoms with Crippen LogP contribution < -0.4 is 9.64 Å². The first-order valence-corrected chi connectivity index (χ1v) is 6.54. The molecule has 1 aliphatic heterocycles. The van der Waals surface area contributed by atoms with Crippen LogP contribution in [0.3, 0.4) is 0 Å². The van der Waals surface area contributed by atoms with Gasteiger partial charge in [-0.3, -0.25) is 9.78 Å². The van der Waals surface area contributed by atoms with Gasteiger partial charge in [-0.1, -0.05) is 6.92 Å². The minimum Gasteiger partial charge on any atom is -0.481 e. The summed E-state index contributed by atoms with van der Waals surface area (Å²) in [5, 5.41) is 9.38. The monoisotopic (exact) mass is 265 g/mol. The number of ether oxygens (including phenoxy) is 1. The molecule has 1 N–H and O–H groups in total. The summed E-state index contributed by atoms with van der Waals surface area (Å²) in [5.74, 6) is 0.429. The Balaban J connectivity index is 2.16. The first-order chi connectivity index (χ1) is 9.11. The van der Waals surface area contributed by atoms with Gasteiger partial charge in [0.1, 0.15) is 0 Å². The van der Waals surface area contributed by atoms with Gasteiger partial charge in [-0.15, -0.1) is 0 Å². The number of hydrogen-bond acceptors (Lipinski definition) is 5. The first kappa shape index (κ1) is 13.6. The molecule has 0 saturated carbocycles. The zero-order valence-electron chi connectivity index (χ0n) is 11.3. The van der Waals surface area contributed by atoms with Gasteiger partial charge in [-0.2, -0.15) is 4.98 Å². The summed E-state index contributed by atoms with van der Waals surface area (Å²) in [6, 6.07) is 0. The second-order valence-electron chi connectivity index (χ2n) is 4.76. The molecule has 2 rings (SSSR count). The zero-order valence-corrected chi connectivity index (χ0v) is 11.3. The zero-order chi connectivity index (χ0) is 13.9. The fraction of sp³-hybridized carbons (Fsp3) is 0.615. The maximum atomic E-state index is 11.4. The molecule has 1 aromatic rings. The third-order valence-corrected chi connectivity index (χ3v) is 3.70. The molecule has 1 saturated heterocycles. The number of aromatic nitrogens is 2. The summed E-state index contributed by atoms with van der Waals surface area (Å²) >= 11 is 0. The molecular formula is C13H19N3O3. The lowest BCUT2D eigenvalue weighted by Crippen LogP contribution is -2.34. The van der Waals surface area contributed by atoms with Crippen LogP contribution in [0.15, 0.2) is 12.4 Å². The van der Waals surface area contributed by atoms with Crippen LogP contribution in [-0.2, 0) is 4.79 Å². The van der Waals surface area contributed by atoms with Crippen LogP contribution in [-0.4, -0.2) is 40.7 Å². The Morgan fingerprint density at radius 2 is 2.32 bits per heavy atom. The van der Waals surface area contributed by atoms with Crippen LogP contribution in [0.25, 0.3) is 0 Å². The van der Waals surface area contributed by atoms with Gasteiger partial charge in [0.2, 0.25) is 5.88 Å². The fourth-order valence-corrected chi connectivity index (χ4v) is 2.39. The summed E-state index contributed by atoms with van der Waals surface area (Å²) in [7, 11) is 0. The molecule has 0 spiro atoms. The Bertz CT molecular complexity index is 466. The van der Waals surface area contributed by atoms with Crippen molar-refractivity contribution in [1.82, 2.24) is 9.97 Å². The van der Waals surface area contributed by atoms with Crippen molar-refractivity contribution >= 4 is 11.8 Å². The predicted molar refractivity (Wildman–Crippen MR) is 70.4 cm³/mol. The number of rotatable bonds is 5. The van der Waals surface area contributed by atoms with Gasteiger partial charge in [0, 0.05) is 13.1 Å². The molecule has 1 fully saturated rings. The van der Waals surface area contributed by atoms with Gasteiger partial charge in [0.25, 0.3) is 0 Å². The van der Waals surface area contributed by atoms with Gasteiger partial charge < -0.3 is 14.7 Å². The Labute approximate surface area is 112 Å². The van der Waals surface area contributed by atoms with E-state index >= 15 is 0 Å². The van der Waals surface area contributed by atoms with E-state index in [-0.39, 0.29) is 0 Å². The van der Waals surface area contributed by atoms with Crippen molar-refractivity contribution in [3.05, 3.63) is 12.4 Å². The summed E-state index contributed by atoms with van der Waals surface area (Å²) in [4.78, 5) is 21.8. The number of hydrogen-bond donors (Lipinski definition) is 1. The van der Waals surface area contributed by atoms with Crippen molar-refractivity contribution in [3.63, 3.8) is 0 Å². The van der Waals surface area contributed by atoms with Crippen LogP contribution in [0.5, 0.6) is 5.88 Å². The summed E-state index contributed by atoms with van der Waals surface area (Å²) in [5.41, 5.74) is -0.663. The van der Waals surface area contributed by atoms with Crippen LogP contribution in [0.2, 0.25) is 0 Å². The fourth-order valence-electron chi connectivity index (χ4n) is 2.39.